The second-order valence-electron chi connectivity index (χ2n) is 10.5. The van der Waals surface area contributed by atoms with Gasteiger partial charge in [-0.05, 0) is 55.5 Å². The summed E-state index contributed by atoms with van der Waals surface area (Å²) in [5.41, 5.74) is 1.05. The monoisotopic (exact) mass is 626 g/mol. The zero-order chi connectivity index (χ0) is 30.9. The first-order valence-electron chi connectivity index (χ1n) is 13.6. The van der Waals surface area contributed by atoms with E-state index in [0.29, 0.717) is 5.52 Å². The van der Waals surface area contributed by atoms with E-state index in [1.807, 2.05) is 31.2 Å². The van der Waals surface area contributed by atoms with Crippen LogP contribution in [-0.2, 0) is 10.0 Å². The Bertz CT molecular complexity index is 1730. The van der Waals surface area contributed by atoms with Crippen molar-refractivity contribution < 1.29 is 32.2 Å². The molecular formula is C30H31FN4O6S2. The molecule has 5 rings (SSSR count). The molecule has 0 fully saturated rings. The summed E-state index contributed by atoms with van der Waals surface area (Å²) in [6.07, 6.45) is -0.777. The maximum Gasteiger partial charge on any atom is 0.284 e. The Balaban J connectivity index is 1.51. The Kier molecular flexibility index (Phi) is 8.79. The van der Waals surface area contributed by atoms with Crippen LogP contribution in [0.4, 0.5) is 10.1 Å². The zero-order valence-corrected chi connectivity index (χ0v) is 25.4. The first kappa shape index (κ1) is 30.5. The van der Waals surface area contributed by atoms with Gasteiger partial charge < -0.3 is 20.1 Å². The zero-order valence-electron chi connectivity index (χ0n) is 23.7. The van der Waals surface area contributed by atoms with Crippen LogP contribution in [0.1, 0.15) is 34.0 Å². The molecule has 10 nitrogen and oxygen atoms in total. The van der Waals surface area contributed by atoms with E-state index in [4.69, 9.17) is 4.74 Å². The molecule has 0 bridgehead atoms. The van der Waals surface area contributed by atoms with E-state index in [9.17, 15) is 27.5 Å². The standard InChI is InChI=1S/C30H31FN4O6S2/c1-18-15-35(19(2)17-36)30(38)22-7-6-9-24(32-28(37)29-33-23-8-4-5-10-26(23)42-29)27(22)41-25(18)16-34(3)43(39,40)21-13-11-20(31)12-14-21/h4-14,18-19,25,36H,15-17H2,1-3H3,(H,32,37)/t18-,19+,25+/m0/s1. The van der Waals surface area contributed by atoms with Gasteiger partial charge in [0, 0.05) is 19.5 Å². The fraction of sp³-hybridized carbons (Fsp3) is 0.300. The first-order valence-corrected chi connectivity index (χ1v) is 15.9. The smallest absolute Gasteiger partial charge is 0.284 e. The number of aromatic nitrogens is 1. The highest BCUT2D eigenvalue weighted by atomic mass is 32.2. The lowest BCUT2D eigenvalue weighted by Gasteiger charge is -2.38. The SMILES string of the molecule is C[C@H](CO)N1C[C@H](C)[C@@H](CN(C)S(=O)(=O)c2ccc(F)cc2)Oc2c(NC(=O)c3nc4ccccc4s3)cccc2C1=O. The molecule has 0 aliphatic carbocycles. The number of halogens is 1. The molecule has 1 aromatic heterocycles. The van der Waals surface area contributed by atoms with Crippen molar-refractivity contribution in [1.29, 1.82) is 0 Å². The second-order valence-corrected chi connectivity index (χ2v) is 13.6. The summed E-state index contributed by atoms with van der Waals surface area (Å²) in [5, 5.41) is 13.0. The van der Waals surface area contributed by atoms with Crippen molar-refractivity contribution in [1.82, 2.24) is 14.2 Å². The summed E-state index contributed by atoms with van der Waals surface area (Å²) < 4.78 is 48.5. The molecule has 226 valence electrons. The van der Waals surface area contributed by atoms with E-state index in [2.05, 4.69) is 10.3 Å². The van der Waals surface area contributed by atoms with Crippen molar-refractivity contribution in [2.24, 2.45) is 5.92 Å². The van der Waals surface area contributed by atoms with Crippen molar-refractivity contribution in [2.75, 3.05) is 32.1 Å². The van der Waals surface area contributed by atoms with Gasteiger partial charge >= 0.3 is 0 Å². The Labute approximate surface area is 252 Å². The number of aliphatic hydroxyl groups excluding tert-OH is 1. The fourth-order valence-corrected chi connectivity index (χ4v) is 6.89. The number of sulfonamides is 1. The Hall–Kier alpha value is -3.91. The predicted molar refractivity (Wildman–Crippen MR) is 161 cm³/mol. The van der Waals surface area contributed by atoms with Gasteiger partial charge in [-0.3, -0.25) is 9.59 Å². The van der Waals surface area contributed by atoms with Crippen LogP contribution in [0.2, 0.25) is 0 Å². The van der Waals surface area contributed by atoms with Crippen molar-refractivity contribution in [2.45, 2.75) is 30.9 Å². The lowest BCUT2D eigenvalue weighted by atomic mass is 9.99. The first-order chi connectivity index (χ1) is 20.5. The average molecular weight is 627 g/mol. The summed E-state index contributed by atoms with van der Waals surface area (Å²) in [5.74, 6) is -1.76. The number of carbonyl (C=O) groups excluding carboxylic acids is 2. The van der Waals surface area contributed by atoms with Gasteiger partial charge in [0.25, 0.3) is 11.8 Å². The number of nitrogens with zero attached hydrogens (tertiary/aromatic N) is 3. The molecule has 4 aromatic rings. The summed E-state index contributed by atoms with van der Waals surface area (Å²) in [7, 11) is -2.61. The molecular weight excluding hydrogens is 595 g/mol. The minimum atomic E-state index is -4.01. The van der Waals surface area contributed by atoms with Gasteiger partial charge in [-0.15, -0.1) is 11.3 Å². The third-order valence-corrected chi connectivity index (χ3v) is 10.3. The maximum atomic E-state index is 13.7. The number of nitrogens with one attached hydrogen (secondary N) is 1. The number of amides is 2. The lowest BCUT2D eigenvalue weighted by Crippen LogP contribution is -2.50. The number of fused-ring (bicyclic) bond motifs is 2. The number of hydrogen-bond acceptors (Lipinski definition) is 8. The van der Waals surface area contributed by atoms with Gasteiger partial charge in [-0.1, -0.05) is 25.1 Å². The summed E-state index contributed by atoms with van der Waals surface area (Å²) in [6.45, 7) is 3.31. The van der Waals surface area contributed by atoms with Gasteiger partial charge in [-0.2, -0.15) is 4.31 Å². The van der Waals surface area contributed by atoms with E-state index in [-0.39, 0.29) is 46.6 Å². The average Bonchev–Trinajstić information content (AvgIpc) is 3.44. The quantitative estimate of drug-likeness (QED) is 0.300. The molecule has 0 saturated carbocycles. The van der Waals surface area contributed by atoms with E-state index in [0.717, 1.165) is 21.1 Å². The lowest BCUT2D eigenvalue weighted by molar-refractivity contribution is 0.0388. The van der Waals surface area contributed by atoms with Crippen LogP contribution in [0, 0.1) is 11.7 Å². The van der Waals surface area contributed by atoms with Crippen molar-refractivity contribution in [3.63, 3.8) is 0 Å². The normalized spacial score (nSPS) is 18.1. The van der Waals surface area contributed by atoms with Crippen molar-refractivity contribution >= 4 is 49.1 Å². The Morgan fingerprint density at radius 2 is 1.91 bits per heavy atom. The summed E-state index contributed by atoms with van der Waals surface area (Å²) in [4.78, 5) is 32.9. The highest BCUT2D eigenvalue weighted by molar-refractivity contribution is 7.89. The molecule has 3 aromatic carbocycles. The molecule has 2 amide bonds. The number of ether oxygens (including phenoxy) is 1. The number of para-hydroxylation sites is 2. The molecule has 0 spiro atoms. The van der Waals surface area contributed by atoms with Crippen LogP contribution in [0.15, 0.2) is 71.6 Å². The van der Waals surface area contributed by atoms with Crippen LogP contribution in [0.3, 0.4) is 0 Å². The summed E-state index contributed by atoms with van der Waals surface area (Å²) >= 11 is 1.22. The molecule has 1 aliphatic rings. The van der Waals surface area contributed by atoms with Crippen LogP contribution >= 0.6 is 11.3 Å². The van der Waals surface area contributed by atoms with E-state index in [1.54, 1.807) is 25.1 Å². The van der Waals surface area contributed by atoms with Crippen LogP contribution < -0.4 is 10.1 Å². The van der Waals surface area contributed by atoms with Gasteiger partial charge in [0.05, 0.1) is 45.6 Å². The highest BCUT2D eigenvalue weighted by Crippen LogP contribution is 2.36. The van der Waals surface area contributed by atoms with Gasteiger partial charge in [0.1, 0.15) is 11.9 Å². The third kappa shape index (κ3) is 6.25. The van der Waals surface area contributed by atoms with Gasteiger partial charge in [-0.25, -0.2) is 17.8 Å². The molecule has 0 saturated heterocycles. The molecule has 43 heavy (non-hydrogen) atoms. The number of carbonyl (C=O) groups is 2. The molecule has 0 unspecified atom stereocenters. The van der Waals surface area contributed by atoms with E-state index >= 15 is 0 Å². The number of likely N-dealkylation sites (N-methyl/N-ethyl adjacent to an activating group) is 1. The van der Waals surface area contributed by atoms with Crippen LogP contribution in [-0.4, -0.2) is 78.4 Å². The molecule has 3 atom stereocenters. The van der Waals surface area contributed by atoms with Crippen LogP contribution in [0.25, 0.3) is 10.2 Å². The molecule has 2 heterocycles. The third-order valence-electron chi connectivity index (χ3n) is 7.39. The summed E-state index contributed by atoms with van der Waals surface area (Å²) in [6, 6.07) is 16.1. The molecule has 1 aliphatic heterocycles. The number of benzene rings is 3. The number of rotatable bonds is 8. The Morgan fingerprint density at radius 1 is 1.19 bits per heavy atom. The Morgan fingerprint density at radius 3 is 2.60 bits per heavy atom. The van der Waals surface area contributed by atoms with E-state index < -0.39 is 45.7 Å². The van der Waals surface area contributed by atoms with Gasteiger partial charge in [0.2, 0.25) is 10.0 Å². The van der Waals surface area contributed by atoms with Gasteiger partial charge in [0.15, 0.2) is 10.8 Å². The number of hydrogen-bond donors (Lipinski definition) is 2. The minimum absolute atomic E-state index is 0.0789. The number of aliphatic hydroxyl groups is 1. The predicted octanol–water partition coefficient (Wildman–Crippen LogP) is 4.23. The molecule has 13 heteroatoms. The number of anilines is 1. The van der Waals surface area contributed by atoms with E-state index in [1.165, 1.54) is 35.4 Å². The highest BCUT2D eigenvalue weighted by Gasteiger charge is 2.36. The molecule has 0 radical (unpaired) electrons. The maximum absolute atomic E-state index is 13.7. The van der Waals surface area contributed by atoms with Crippen LogP contribution in [0.5, 0.6) is 5.75 Å². The minimum Gasteiger partial charge on any atom is -0.486 e. The van der Waals surface area contributed by atoms with Crippen molar-refractivity contribution in [3.8, 4) is 5.75 Å². The topological polar surface area (TPSA) is 129 Å². The van der Waals surface area contributed by atoms with Crippen molar-refractivity contribution in [3.05, 3.63) is 83.1 Å². The number of thiazole rings is 1. The largest absolute Gasteiger partial charge is 0.486 e. The second kappa shape index (κ2) is 12.4. The fourth-order valence-electron chi connectivity index (χ4n) is 4.84. The molecule has 2 N–H and O–H groups in total.